The molecular weight excluding hydrogens is 329 g/mol. The highest BCUT2D eigenvalue weighted by Crippen LogP contribution is 2.31. The smallest absolute Gasteiger partial charge is 0.435 e. The molecule has 9 heteroatoms. The van der Waals surface area contributed by atoms with E-state index in [1.54, 1.807) is 13.0 Å². The zero-order valence-electron chi connectivity index (χ0n) is 13.2. The van der Waals surface area contributed by atoms with Crippen molar-refractivity contribution in [2.45, 2.75) is 32.5 Å². The van der Waals surface area contributed by atoms with Crippen LogP contribution in [0.25, 0.3) is 0 Å². The first-order chi connectivity index (χ1) is 11.3. The van der Waals surface area contributed by atoms with E-state index in [2.05, 4.69) is 9.84 Å². The van der Waals surface area contributed by atoms with Crippen molar-refractivity contribution >= 4 is 5.97 Å². The van der Waals surface area contributed by atoms with E-state index in [1.807, 2.05) is 0 Å². The number of hydrogen-bond donors (Lipinski definition) is 1. The van der Waals surface area contributed by atoms with Crippen LogP contribution in [0.4, 0.5) is 13.2 Å². The molecule has 2 aromatic heterocycles. The standard InChI is InChI=1S/C15H17F3N2O4/c1-9-6-11(24-12(9)14(22)23-2)8-20-7-10(4-3-5-21)13(19-20)15(16,17)18/h6-7,21H,3-5,8H2,1-2H3. The molecule has 6 nitrogen and oxygen atoms in total. The Balaban J connectivity index is 2.27. The number of hydrogen-bond acceptors (Lipinski definition) is 5. The van der Waals surface area contributed by atoms with Crippen molar-refractivity contribution in [2.75, 3.05) is 13.7 Å². The number of ether oxygens (including phenoxy) is 1. The summed E-state index contributed by atoms with van der Waals surface area (Å²) >= 11 is 0. The maximum absolute atomic E-state index is 13.0. The van der Waals surface area contributed by atoms with E-state index in [0.29, 0.717) is 5.56 Å². The van der Waals surface area contributed by atoms with Gasteiger partial charge in [0, 0.05) is 23.9 Å². The van der Waals surface area contributed by atoms with Crippen LogP contribution in [-0.4, -0.2) is 34.6 Å². The first kappa shape index (κ1) is 18.1. The largest absolute Gasteiger partial charge is 0.463 e. The summed E-state index contributed by atoms with van der Waals surface area (Å²) in [5.74, 6) is -0.354. The molecule has 0 amide bonds. The molecule has 0 radical (unpaired) electrons. The van der Waals surface area contributed by atoms with Crippen LogP contribution in [-0.2, 0) is 23.9 Å². The third kappa shape index (κ3) is 3.97. The topological polar surface area (TPSA) is 77.5 Å². The normalized spacial score (nSPS) is 11.8. The number of halogens is 3. The number of aryl methyl sites for hydroxylation is 2. The number of aliphatic hydroxyl groups excluding tert-OH is 1. The van der Waals surface area contributed by atoms with E-state index < -0.39 is 17.8 Å². The van der Waals surface area contributed by atoms with Crippen LogP contribution in [0.15, 0.2) is 16.7 Å². The molecule has 0 aliphatic rings. The monoisotopic (exact) mass is 346 g/mol. The van der Waals surface area contributed by atoms with E-state index in [1.165, 1.54) is 13.3 Å². The molecule has 2 heterocycles. The summed E-state index contributed by atoms with van der Waals surface area (Å²) in [4.78, 5) is 11.5. The van der Waals surface area contributed by atoms with Gasteiger partial charge in [0.2, 0.25) is 5.76 Å². The lowest BCUT2D eigenvalue weighted by atomic mass is 10.1. The summed E-state index contributed by atoms with van der Waals surface area (Å²) in [5, 5.41) is 12.4. The molecule has 0 fully saturated rings. The highest BCUT2D eigenvalue weighted by atomic mass is 19.4. The van der Waals surface area contributed by atoms with Crippen LogP contribution in [0.5, 0.6) is 0 Å². The number of alkyl halides is 3. The lowest BCUT2D eigenvalue weighted by molar-refractivity contribution is -0.142. The maximum atomic E-state index is 13.0. The van der Waals surface area contributed by atoms with Gasteiger partial charge in [-0.1, -0.05) is 0 Å². The van der Waals surface area contributed by atoms with Crippen molar-refractivity contribution in [1.29, 1.82) is 0 Å². The Hall–Kier alpha value is -2.29. The van der Waals surface area contributed by atoms with E-state index >= 15 is 0 Å². The van der Waals surface area contributed by atoms with Gasteiger partial charge in [0.1, 0.15) is 5.76 Å². The van der Waals surface area contributed by atoms with Crippen molar-refractivity contribution in [2.24, 2.45) is 0 Å². The Morgan fingerprint density at radius 2 is 2.17 bits per heavy atom. The van der Waals surface area contributed by atoms with Crippen LogP contribution in [0.1, 0.15) is 39.6 Å². The molecule has 132 valence electrons. The quantitative estimate of drug-likeness (QED) is 0.814. The second-order valence-electron chi connectivity index (χ2n) is 5.24. The molecule has 2 aromatic rings. The third-order valence-corrected chi connectivity index (χ3v) is 3.37. The number of carbonyl (C=O) groups excluding carboxylic acids is 1. The molecule has 1 N–H and O–H groups in total. The molecular formula is C15H17F3N2O4. The van der Waals surface area contributed by atoms with Gasteiger partial charge in [-0.3, -0.25) is 4.68 Å². The fourth-order valence-corrected chi connectivity index (χ4v) is 2.32. The van der Waals surface area contributed by atoms with Crippen LogP contribution in [0.3, 0.4) is 0 Å². The van der Waals surface area contributed by atoms with Crippen LogP contribution < -0.4 is 0 Å². The first-order valence-corrected chi connectivity index (χ1v) is 7.18. The first-order valence-electron chi connectivity index (χ1n) is 7.18. The van der Waals surface area contributed by atoms with E-state index in [9.17, 15) is 18.0 Å². The van der Waals surface area contributed by atoms with Crippen LogP contribution in [0, 0.1) is 6.92 Å². The van der Waals surface area contributed by atoms with Gasteiger partial charge in [-0.05, 0) is 25.8 Å². The lowest BCUT2D eigenvalue weighted by Crippen LogP contribution is -2.10. The molecule has 0 saturated heterocycles. The number of aliphatic hydroxyl groups is 1. The van der Waals surface area contributed by atoms with Crippen molar-refractivity contribution in [3.05, 3.63) is 40.6 Å². The van der Waals surface area contributed by atoms with Gasteiger partial charge in [-0.15, -0.1) is 0 Å². The Morgan fingerprint density at radius 1 is 1.46 bits per heavy atom. The number of esters is 1. The lowest BCUT2D eigenvalue weighted by Gasteiger charge is -2.04. The number of rotatable bonds is 6. The summed E-state index contributed by atoms with van der Waals surface area (Å²) in [6, 6.07) is 1.55. The molecule has 24 heavy (non-hydrogen) atoms. The molecule has 0 aromatic carbocycles. The minimum Gasteiger partial charge on any atom is -0.463 e. The van der Waals surface area contributed by atoms with Gasteiger partial charge in [0.25, 0.3) is 0 Å². The molecule has 0 unspecified atom stereocenters. The number of carbonyl (C=O) groups is 1. The third-order valence-electron chi connectivity index (χ3n) is 3.37. The molecule has 0 spiro atoms. The number of furan rings is 1. The highest BCUT2D eigenvalue weighted by Gasteiger charge is 2.37. The molecule has 0 aliphatic carbocycles. The van der Waals surface area contributed by atoms with Gasteiger partial charge >= 0.3 is 12.1 Å². The van der Waals surface area contributed by atoms with E-state index in [-0.39, 0.29) is 43.1 Å². The average Bonchev–Trinajstić information content (AvgIpc) is 3.08. The van der Waals surface area contributed by atoms with Gasteiger partial charge < -0.3 is 14.3 Å². The Morgan fingerprint density at radius 3 is 2.75 bits per heavy atom. The maximum Gasteiger partial charge on any atom is 0.435 e. The van der Waals surface area contributed by atoms with Gasteiger partial charge in [0.15, 0.2) is 5.69 Å². The fraction of sp³-hybridized carbons (Fsp3) is 0.467. The van der Waals surface area contributed by atoms with Gasteiger partial charge in [0.05, 0.1) is 13.7 Å². The molecule has 0 saturated carbocycles. The van der Waals surface area contributed by atoms with Crippen molar-refractivity contribution in [1.82, 2.24) is 9.78 Å². The Labute approximate surface area is 135 Å². The zero-order valence-corrected chi connectivity index (χ0v) is 13.2. The van der Waals surface area contributed by atoms with E-state index in [0.717, 1.165) is 4.68 Å². The number of methoxy groups -OCH3 is 1. The summed E-state index contributed by atoms with van der Waals surface area (Å²) in [5.41, 5.74) is -0.444. The number of aromatic nitrogens is 2. The Kier molecular flexibility index (Phi) is 5.33. The minimum atomic E-state index is -4.58. The van der Waals surface area contributed by atoms with Crippen LogP contribution >= 0.6 is 0 Å². The molecule has 0 bridgehead atoms. The SMILES string of the molecule is COC(=O)c1oc(Cn2cc(CCCO)c(C(F)(F)F)n2)cc1C. The summed E-state index contributed by atoms with van der Waals surface area (Å²) in [6.07, 6.45) is -3.03. The predicted molar refractivity (Wildman–Crippen MR) is 76.5 cm³/mol. The van der Waals surface area contributed by atoms with Crippen LogP contribution in [0.2, 0.25) is 0 Å². The zero-order chi connectivity index (χ0) is 17.9. The summed E-state index contributed by atoms with van der Waals surface area (Å²) in [7, 11) is 1.21. The summed E-state index contributed by atoms with van der Waals surface area (Å²) < 4.78 is 50.1. The predicted octanol–water partition coefficient (Wildman–Crippen LogP) is 2.56. The molecule has 0 atom stereocenters. The highest BCUT2D eigenvalue weighted by molar-refractivity contribution is 5.87. The fourth-order valence-electron chi connectivity index (χ4n) is 2.32. The number of nitrogens with zero attached hydrogens (tertiary/aromatic N) is 2. The van der Waals surface area contributed by atoms with Gasteiger partial charge in [-0.25, -0.2) is 4.79 Å². The second kappa shape index (κ2) is 7.08. The second-order valence-corrected chi connectivity index (χ2v) is 5.24. The van der Waals surface area contributed by atoms with Gasteiger partial charge in [-0.2, -0.15) is 18.3 Å². The summed E-state index contributed by atoms with van der Waals surface area (Å²) in [6.45, 7) is 1.37. The minimum absolute atomic E-state index is 0.00743. The average molecular weight is 346 g/mol. The van der Waals surface area contributed by atoms with Crippen molar-refractivity contribution in [3.63, 3.8) is 0 Å². The Bertz CT molecular complexity index is 719. The van der Waals surface area contributed by atoms with Crippen molar-refractivity contribution < 1.29 is 32.2 Å². The van der Waals surface area contributed by atoms with E-state index in [4.69, 9.17) is 9.52 Å². The van der Waals surface area contributed by atoms with Crippen molar-refractivity contribution in [3.8, 4) is 0 Å². The molecule has 0 aliphatic heterocycles. The molecule has 2 rings (SSSR count).